The highest BCUT2D eigenvalue weighted by Crippen LogP contribution is 2.17. The Hall–Kier alpha value is -1.15. The van der Waals surface area contributed by atoms with Crippen LogP contribution >= 0.6 is 0 Å². The van der Waals surface area contributed by atoms with Crippen molar-refractivity contribution in [3.8, 4) is 0 Å². The van der Waals surface area contributed by atoms with Crippen molar-refractivity contribution in [2.24, 2.45) is 5.92 Å². The zero-order valence-electron chi connectivity index (χ0n) is 14.6. The van der Waals surface area contributed by atoms with Gasteiger partial charge in [-0.15, -0.1) is 0 Å². The van der Waals surface area contributed by atoms with Crippen LogP contribution in [0, 0.1) is 26.7 Å². The Kier molecular flexibility index (Phi) is 7.10. The van der Waals surface area contributed by atoms with E-state index in [1.165, 1.54) is 24.0 Å². The molecule has 1 aromatic carbocycles. The predicted octanol–water partition coefficient (Wildman–Crippen LogP) is 4.55. The summed E-state index contributed by atoms with van der Waals surface area (Å²) < 4.78 is 0. The summed E-state index contributed by atoms with van der Waals surface area (Å²) in [6.07, 6.45) is 2.37. The quantitative estimate of drug-likeness (QED) is 0.654. The number of ketones is 1. The first kappa shape index (κ1) is 17.9. The fourth-order valence-electron chi connectivity index (χ4n) is 2.77. The highest BCUT2D eigenvalue weighted by molar-refractivity contribution is 5.99. The molecule has 0 atom stereocenters. The number of Topliss-reactive ketones (excluding diaryl/α,β-unsaturated/α-hetero) is 1. The van der Waals surface area contributed by atoms with Crippen LogP contribution in [0.25, 0.3) is 0 Å². The van der Waals surface area contributed by atoms with E-state index in [9.17, 15) is 4.79 Å². The van der Waals surface area contributed by atoms with Gasteiger partial charge in [0.25, 0.3) is 0 Å². The Morgan fingerprint density at radius 3 is 2.10 bits per heavy atom. The van der Waals surface area contributed by atoms with E-state index in [1.54, 1.807) is 0 Å². The largest absolute Gasteiger partial charge is 0.296 e. The highest BCUT2D eigenvalue weighted by Gasteiger charge is 2.16. The molecule has 0 saturated carbocycles. The van der Waals surface area contributed by atoms with Crippen molar-refractivity contribution >= 4 is 5.78 Å². The number of nitrogens with zero attached hydrogens (tertiary/aromatic N) is 1. The molecule has 0 aliphatic rings. The number of likely N-dealkylation sites (N-methyl/N-ethyl adjacent to an activating group) is 1. The van der Waals surface area contributed by atoms with Crippen LogP contribution in [0.2, 0.25) is 0 Å². The molecular weight excluding hydrogens is 258 g/mol. The summed E-state index contributed by atoms with van der Waals surface area (Å²) in [6, 6.07) is 4.18. The second kappa shape index (κ2) is 8.33. The molecule has 1 aromatic rings. The topological polar surface area (TPSA) is 20.3 Å². The number of hydrogen-bond donors (Lipinski definition) is 0. The van der Waals surface area contributed by atoms with Gasteiger partial charge >= 0.3 is 0 Å². The lowest BCUT2D eigenvalue weighted by molar-refractivity contribution is 0.0920. The number of carbonyl (C=O) groups excluding carboxylic acids is 1. The van der Waals surface area contributed by atoms with Crippen molar-refractivity contribution in [2.75, 3.05) is 19.6 Å². The summed E-state index contributed by atoms with van der Waals surface area (Å²) in [6.45, 7) is 15.3. The summed E-state index contributed by atoms with van der Waals surface area (Å²) >= 11 is 0. The van der Waals surface area contributed by atoms with E-state index in [1.807, 2.05) is 6.92 Å². The molecule has 0 spiro atoms. The minimum Gasteiger partial charge on any atom is -0.296 e. The Morgan fingerprint density at radius 1 is 1.00 bits per heavy atom. The fraction of sp³-hybridized carbons (Fsp3) is 0.632. The first-order valence-electron chi connectivity index (χ1n) is 8.26. The number of carbonyl (C=O) groups is 1. The van der Waals surface area contributed by atoms with E-state index in [2.05, 4.69) is 51.7 Å². The van der Waals surface area contributed by atoms with Crippen LogP contribution in [0.3, 0.4) is 0 Å². The molecule has 0 aliphatic heterocycles. The van der Waals surface area contributed by atoms with Crippen molar-refractivity contribution in [1.82, 2.24) is 4.90 Å². The zero-order valence-corrected chi connectivity index (χ0v) is 14.6. The van der Waals surface area contributed by atoms with E-state index in [0.717, 1.165) is 24.2 Å². The molecule has 118 valence electrons. The van der Waals surface area contributed by atoms with Crippen molar-refractivity contribution in [3.05, 3.63) is 34.4 Å². The maximum Gasteiger partial charge on any atom is 0.177 e. The van der Waals surface area contributed by atoms with Crippen LogP contribution in [0.5, 0.6) is 0 Å². The SMILES string of the molecule is CCC(CC)CN(CC)CC(=O)c1cc(C)c(C)cc1C. The molecule has 0 amide bonds. The van der Waals surface area contributed by atoms with Gasteiger partial charge in [0.1, 0.15) is 0 Å². The number of hydrogen-bond acceptors (Lipinski definition) is 2. The van der Waals surface area contributed by atoms with Gasteiger partial charge in [-0.05, 0) is 56.0 Å². The van der Waals surface area contributed by atoms with Crippen molar-refractivity contribution in [1.29, 1.82) is 0 Å². The molecule has 0 fully saturated rings. The predicted molar refractivity (Wildman–Crippen MR) is 91.2 cm³/mol. The number of rotatable bonds is 8. The maximum atomic E-state index is 12.6. The second-order valence-corrected chi connectivity index (χ2v) is 6.18. The van der Waals surface area contributed by atoms with Gasteiger partial charge in [0.2, 0.25) is 0 Å². The molecule has 0 bridgehead atoms. The summed E-state index contributed by atoms with van der Waals surface area (Å²) in [5.74, 6) is 0.946. The molecule has 0 unspecified atom stereocenters. The van der Waals surface area contributed by atoms with E-state index in [4.69, 9.17) is 0 Å². The third-order valence-corrected chi connectivity index (χ3v) is 4.63. The van der Waals surface area contributed by atoms with Crippen molar-refractivity contribution in [2.45, 2.75) is 54.4 Å². The van der Waals surface area contributed by atoms with Crippen molar-refractivity contribution in [3.63, 3.8) is 0 Å². The van der Waals surface area contributed by atoms with E-state index in [0.29, 0.717) is 12.5 Å². The minimum absolute atomic E-state index is 0.253. The van der Waals surface area contributed by atoms with Crippen LogP contribution in [0.4, 0.5) is 0 Å². The first-order valence-corrected chi connectivity index (χ1v) is 8.26. The lowest BCUT2D eigenvalue weighted by Crippen LogP contribution is -2.34. The van der Waals surface area contributed by atoms with Gasteiger partial charge in [-0.2, -0.15) is 0 Å². The lowest BCUT2D eigenvalue weighted by atomic mass is 9.97. The third-order valence-electron chi connectivity index (χ3n) is 4.63. The summed E-state index contributed by atoms with van der Waals surface area (Å²) in [7, 11) is 0. The Labute approximate surface area is 130 Å². The Morgan fingerprint density at radius 2 is 1.57 bits per heavy atom. The van der Waals surface area contributed by atoms with Gasteiger partial charge in [-0.25, -0.2) is 0 Å². The van der Waals surface area contributed by atoms with Gasteiger partial charge in [0.05, 0.1) is 6.54 Å². The molecule has 1 rings (SSSR count). The number of aryl methyl sites for hydroxylation is 3. The van der Waals surface area contributed by atoms with E-state index < -0.39 is 0 Å². The molecule has 0 heterocycles. The van der Waals surface area contributed by atoms with Gasteiger partial charge in [0.15, 0.2) is 5.78 Å². The highest BCUT2D eigenvalue weighted by atomic mass is 16.1. The molecule has 2 heteroatoms. The lowest BCUT2D eigenvalue weighted by Gasteiger charge is -2.25. The number of benzene rings is 1. The molecular formula is C19H31NO. The van der Waals surface area contributed by atoms with Crippen LogP contribution in [-0.2, 0) is 0 Å². The van der Waals surface area contributed by atoms with Crippen LogP contribution in [0.1, 0.15) is 60.7 Å². The van der Waals surface area contributed by atoms with Gasteiger partial charge in [-0.1, -0.05) is 39.7 Å². The molecule has 0 aromatic heterocycles. The first-order chi connectivity index (χ1) is 9.92. The van der Waals surface area contributed by atoms with Crippen molar-refractivity contribution < 1.29 is 4.79 Å². The van der Waals surface area contributed by atoms with Gasteiger partial charge < -0.3 is 0 Å². The zero-order chi connectivity index (χ0) is 16.0. The Balaban J connectivity index is 2.81. The standard InChI is InChI=1S/C19H31NO/c1-7-17(8-2)12-20(9-3)13-19(21)18-11-15(5)14(4)10-16(18)6/h10-11,17H,7-9,12-13H2,1-6H3. The monoisotopic (exact) mass is 289 g/mol. The normalized spacial score (nSPS) is 11.4. The molecule has 0 aliphatic carbocycles. The summed E-state index contributed by atoms with van der Waals surface area (Å²) in [5.41, 5.74) is 4.45. The molecule has 0 radical (unpaired) electrons. The van der Waals surface area contributed by atoms with E-state index >= 15 is 0 Å². The fourth-order valence-corrected chi connectivity index (χ4v) is 2.77. The second-order valence-electron chi connectivity index (χ2n) is 6.18. The van der Waals surface area contributed by atoms with Crippen LogP contribution in [-0.4, -0.2) is 30.3 Å². The van der Waals surface area contributed by atoms with Gasteiger partial charge in [-0.3, -0.25) is 9.69 Å². The molecule has 21 heavy (non-hydrogen) atoms. The Bertz CT molecular complexity index is 475. The molecule has 2 nitrogen and oxygen atoms in total. The van der Waals surface area contributed by atoms with Crippen LogP contribution < -0.4 is 0 Å². The molecule has 0 N–H and O–H groups in total. The average Bonchev–Trinajstić information content (AvgIpc) is 2.46. The maximum absolute atomic E-state index is 12.6. The average molecular weight is 289 g/mol. The smallest absolute Gasteiger partial charge is 0.177 e. The van der Waals surface area contributed by atoms with Gasteiger partial charge in [0, 0.05) is 12.1 Å². The molecule has 0 saturated heterocycles. The minimum atomic E-state index is 0.253. The van der Waals surface area contributed by atoms with E-state index in [-0.39, 0.29) is 5.78 Å². The summed E-state index contributed by atoms with van der Waals surface area (Å²) in [5, 5.41) is 0. The third kappa shape index (κ3) is 4.96. The van der Waals surface area contributed by atoms with Crippen LogP contribution in [0.15, 0.2) is 12.1 Å². The summed E-state index contributed by atoms with van der Waals surface area (Å²) in [4.78, 5) is 14.9.